The molecule has 76 valence electrons. The fraction of sp³-hybridized carbons (Fsp3) is 0.900. The molecule has 1 aliphatic rings. The summed E-state index contributed by atoms with van der Waals surface area (Å²) in [5.74, 6) is 0.850. The van der Waals surface area contributed by atoms with E-state index in [1.165, 1.54) is 32.8 Å². The van der Waals surface area contributed by atoms with Crippen LogP contribution in [0.1, 0.15) is 32.1 Å². The van der Waals surface area contributed by atoms with Gasteiger partial charge in [-0.25, -0.2) is 0 Å². The number of hydrogen-bond acceptors (Lipinski definition) is 2. The van der Waals surface area contributed by atoms with Crippen molar-refractivity contribution < 1.29 is 9.53 Å². The first-order valence-corrected chi connectivity index (χ1v) is 5.08. The van der Waals surface area contributed by atoms with Crippen LogP contribution in [0.2, 0.25) is 0 Å². The maximum absolute atomic E-state index is 11.0. The smallest absolute Gasteiger partial charge is 0.245 e. The van der Waals surface area contributed by atoms with Gasteiger partial charge < -0.3 is 10.1 Å². The Morgan fingerprint density at radius 3 is 2.77 bits per heavy atom. The van der Waals surface area contributed by atoms with Gasteiger partial charge in [0.1, 0.15) is 6.61 Å². The molecule has 0 heterocycles. The molecular formula is C10H19NO2. The van der Waals surface area contributed by atoms with Crippen molar-refractivity contribution in [3.8, 4) is 0 Å². The monoisotopic (exact) mass is 185 g/mol. The van der Waals surface area contributed by atoms with E-state index in [4.69, 9.17) is 4.74 Å². The molecule has 0 aromatic rings. The lowest BCUT2D eigenvalue weighted by atomic mass is 10.0. The average molecular weight is 185 g/mol. The molecule has 0 saturated heterocycles. The van der Waals surface area contributed by atoms with Crippen LogP contribution in [-0.4, -0.2) is 26.2 Å². The summed E-state index contributed by atoms with van der Waals surface area (Å²) < 4.78 is 4.71. The predicted octanol–water partition coefficient (Wildman–Crippen LogP) is 1.33. The number of amides is 1. The molecule has 3 heteroatoms. The Morgan fingerprint density at radius 2 is 2.15 bits per heavy atom. The zero-order valence-electron chi connectivity index (χ0n) is 8.34. The lowest BCUT2D eigenvalue weighted by Crippen LogP contribution is -2.28. The summed E-state index contributed by atoms with van der Waals surface area (Å²) in [5.41, 5.74) is 0. The SMILES string of the molecule is COCC(=O)NCCC1CCCC1. The van der Waals surface area contributed by atoms with E-state index in [2.05, 4.69) is 5.32 Å². The second-order valence-corrected chi connectivity index (χ2v) is 3.72. The maximum Gasteiger partial charge on any atom is 0.245 e. The van der Waals surface area contributed by atoms with Gasteiger partial charge in [-0.2, -0.15) is 0 Å². The van der Waals surface area contributed by atoms with Gasteiger partial charge in [-0.3, -0.25) is 4.79 Å². The van der Waals surface area contributed by atoms with Crippen molar-refractivity contribution in [2.45, 2.75) is 32.1 Å². The zero-order chi connectivity index (χ0) is 9.52. The Morgan fingerprint density at radius 1 is 1.46 bits per heavy atom. The van der Waals surface area contributed by atoms with Crippen LogP contribution in [0.3, 0.4) is 0 Å². The van der Waals surface area contributed by atoms with E-state index in [9.17, 15) is 4.79 Å². The van der Waals surface area contributed by atoms with Crippen molar-refractivity contribution in [2.24, 2.45) is 5.92 Å². The lowest BCUT2D eigenvalue weighted by molar-refractivity contribution is -0.124. The molecule has 0 bridgehead atoms. The second kappa shape index (κ2) is 5.97. The summed E-state index contributed by atoms with van der Waals surface area (Å²) in [7, 11) is 1.54. The molecule has 1 saturated carbocycles. The maximum atomic E-state index is 11.0. The van der Waals surface area contributed by atoms with Crippen LogP contribution < -0.4 is 5.32 Å². The van der Waals surface area contributed by atoms with Gasteiger partial charge in [-0.1, -0.05) is 25.7 Å². The predicted molar refractivity (Wildman–Crippen MR) is 51.5 cm³/mol. The fourth-order valence-corrected chi connectivity index (χ4v) is 1.90. The van der Waals surface area contributed by atoms with E-state index in [1.54, 1.807) is 0 Å². The fourth-order valence-electron chi connectivity index (χ4n) is 1.90. The normalized spacial score (nSPS) is 17.6. The molecule has 0 unspecified atom stereocenters. The molecule has 1 fully saturated rings. The number of nitrogens with one attached hydrogen (secondary N) is 1. The second-order valence-electron chi connectivity index (χ2n) is 3.72. The molecular weight excluding hydrogens is 166 g/mol. The molecule has 1 rings (SSSR count). The topological polar surface area (TPSA) is 38.3 Å². The number of carbonyl (C=O) groups excluding carboxylic acids is 1. The van der Waals surface area contributed by atoms with Crippen LogP contribution in [0.25, 0.3) is 0 Å². The van der Waals surface area contributed by atoms with Crippen LogP contribution in [0.4, 0.5) is 0 Å². The van der Waals surface area contributed by atoms with Crippen LogP contribution in [0, 0.1) is 5.92 Å². The minimum Gasteiger partial charge on any atom is -0.375 e. The molecule has 1 amide bonds. The van der Waals surface area contributed by atoms with Gasteiger partial charge in [-0.15, -0.1) is 0 Å². The third kappa shape index (κ3) is 4.27. The van der Waals surface area contributed by atoms with Crippen molar-refractivity contribution in [2.75, 3.05) is 20.3 Å². The summed E-state index contributed by atoms with van der Waals surface area (Å²) in [6.07, 6.45) is 6.57. The van der Waals surface area contributed by atoms with Gasteiger partial charge in [0, 0.05) is 13.7 Å². The lowest BCUT2D eigenvalue weighted by Gasteiger charge is -2.09. The summed E-state index contributed by atoms with van der Waals surface area (Å²) >= 11 is 0. The molecule has 13 heavy (non-hydrogen) atoms. The quantitative estimate of drug-likeness (QED) is 0.701. The first-order valence-electron chi connectivity index (χ1n) is 5.08. The van der Waals surface area contributed by atoms with Gasteiger partial charge >= 0.3 is 0 Å². The van der Waals surface area contributed by atoms with Gasteiger partial charge in [0.2, 0.25) is 5.91 Å². The molecule has 3 nitrogen and oxygen atoms in total. The van der Waals surface area contributed by atoms with Gasteiger partial charge in [0.15, 0.2) is 0 Å². The Labute approximate surface area is 79.8 Å². The summed E-state index contributed by atoms with van der Waals surface area (Å²) in [5, 5.41) is 2.85. The van der Waals surface area contributed by atoms with Crippen LogP contribution in [-0.2, 0) is 9.53 Å². The number of ether oxygens (including phenoxy) is 1. The number of rotatable bonds is 5. The highest BCUT2D eigenvalue weighted by Crippen LogP contribution is 2.26. The number of hydrogen-bond donors (Lipinski definition) is 1. The van der Waals surface area contributed by atoms with Crippen molar-refractivity contribution in [1.29, 1.82) is 0 Å². The molecule has 0 aromatic carbocycles. The molecule has 0 aliphatic heterocycles. The van der Waals surface area contributed by atoms with Crippen LogP contribution >= 0.6 is 0 Å². The first kappa shape index (κ1) is 10.5. The van der Waals surface area contributed by atoms with Crippen LogP contribution in [0.5, 0.6) is 0 Å². The molecule has 1 aliphatic carbocycles. The Hall–Kier alpha value is -0.570. The summed E-state index contributed by atoms with van der Waals surface area (Å²) in [6.45, 7) is 0.998. The minimum atomic E-state index is 0.000460. The highest BCUT2D eigenvalue weighted by atomic mass is 16.5. The zero-order valence-corrected chi connectivity index (χ0v) is 8.34. The third-order valence-corrected chi connectivity index (χ3v) is 2.62. The number of methoxy groups -OCH3 is 1. The summed E-state index contributed by atoms with van der Waals surface area (Å²) in [6, 6.07) is 0. The molecule has 1 N–H and O–H groups in total. The Balaban J connectivity index is 1.96. The summed E-state index contributed by atoms with van der Waals surface area (Å²) in [4.78, 5) is 11.0. The van der Waals surface area contributed by atoms with Crippen molar-refractivity contribution >= 4 is 5.91 Å². The molecule has 0 aromatic heterocycles. The van der Waals surface area contributed by atoms with Crippen molar-refractivity contribution in [3.05, 3.63) is 0 Å². The van der Waals surface area contributed by atoms with Crippen LogP contribution in [0.15, 0.2) is 0 Å². The van der Waals surface area contributed by atoms with E-state index < -0.39 is 0 Å². The molecule has 0 atom stereocenters. The van der Waals surface area contributed by atoms with E-state index in [1.807, 2.05) is 0 Å². The Bertz CT molecular complexity index is 153. The average Bonchev–Trinajstić information content (AvgIpc) is 2.57. The van der Waals surface area contributed by atoms with Gasteiger partial charge in [0.25, 0.3) is 0 Å². The van der Waals surface area contributed by atoms with E-state index >= 15 is 0 Å². The van der Waals surface area contributed by atoms with Gasteiger partial charge in [-0.05, 0) is 12.3 Å². The minimum absolute atomic E-state index is 0.000460. The highest BCUT2D eigenvalue weighted by Gasteiger charge is 2.14. The first-order chi connectivity index (χ1) is 6.33. The number of carbonyl (C=O) groups is 1. The van der Waals surface area contributed by atoms with E-state index in [0.717, 1.165) is 18.9 Å². The van der Waals surface area contributed by atoms with Crippen molar-refractivity contribution in [3.63, 3.8) is 0 Å². The largest absolute Gasteiger partial charge is 0.375 e. The van der Waals surface area contributed by atoms with Gasteiger partial charge in [0.05, 0.1) is 0 Å². The van der Waals surface area contributed by atoms with E-state index in [-0.39, 0.29) is 12.5 Å². The third-order valence-electron chi connectivity index (χ3n) is 2.62. The molecule has 0 spiro atoms. The standard InChI is InChI=1S/C10H19NO2/c1-13-8-10(12)11-7-6-9-4-2-3-5-9/h9H,2-8H2,1H3,(H,11,12). The van der Waals surface area contributed by atoms with Crippen molar-refractivity contribution in [1.82, 2.24) is 5.32 Å². The molecule has 0 radical (unpaired) electrons. The highest BCUT2D eigenvalue weighted by molar-refractivity contribution is 5.77. The van der Waals surface area contributed by atoms with E-state index in [0.29, 0.717) is 0 Å². The Kier molecular flexibility index (Phi) is 4.83.